The summed E-state index contributed by atoms with van der Waals surface area (Å²) in [6, 6.07) is 14.3. The molecular weight excluding hydrogens is 575 g/mol. The van der Waals surface area contributed by atoms with Crippen LogP contribution in [0.1, 0.15) is 87.7 Å². The molecule has 0 saturated heterocycles. The van der Waals surface area contributed by atoms with E-state index in [-0.39, 0.29) is 11.8 Å². The van der Waals surface area contributed by atoms with Crippen LogP contribution < -0.4 is 10.0 Å². The molecular formula is C34H45N5O2S2. The predicted molar refractivity (Wildman–Crippen MR) is 185 cm³/mol. The molecule has 2 aromatic carbocycles. The van der Waals surface area contributed by atoms with Crippen molar-refractivity contribution in [3.05, 3.63) is 76.8 Å². The number of anilines is 1. The lowest BCUT2D eigenvalue weighted by Gasteiger charge is -2.20. The van der Waals surface area contributed by atoms with Crippen LogP contribution in [0.25, 0.3) is 28.2 Å². The lowest BCUT2D eigenvalue weighted by atomic mass is 9.86. The minimum absolute atomic E-state index is 0.120. The fraction of sp³-hybridized carbons (Fsp3) is 0.382. The Morgan fingerprint density at radius 3 is 2.42 bits per heavy atom. The molecule has 4 rings (SSSR count). The van der Waals surface area contributed by atoms with Crippen molar-refractivity contribution in [3.63, 3.8) is 0 Å². The van der Waals surface area contributed by atoms with Crippen molar-refractivity contribution in [2.24, 2.45) is 0 Å². The zero-order valence-electron chi connectivity index (χ0n) is 26.4. The molecule has 0 radical (unpaired) electrons. The van der Waals surface area contributed by atoms with Gasteiger partial charge in [0.1, 0.15) is 0 Å². The molecule has 0 aliphatic rings. The molecule has 2 heterocycles. The molecule has 2 N–H and O–H groups in total. The zero-order valence-corrected chi connectivity index (χ0v) is 28.1. The van der Waals surface area contributed by atoms with E-state index in [2.05, 4.69) is 64.6 Å². The van der Waals surface area contributed by atoms with Gasteiger partial charge in [-0.2, -0.15) is 0 Å². The Labute approximate surface area is 265 Å². The Hall–Kier alpha value is -3.40. The van der Waals surface area contributed by atoms with Crippen LogP contribution >= 0.6 is 23.5 Å². The molecule has 7 nitrogen and oxygen atoms in total. The van der Waals surface area contributed by atoms with Gasteiger partial charge in [-0.25, -0.2) is 9.29 Å². The number of aryl methyl sites for hydroxylation is 1. The number of fused-ring (bicyclic) bond motifs is 1. The third-order valence-electron chi connectivity index (χ3n) is 6.98. The number of aromatic nitrogens is 2. The molecule has 2 aromatic heterocycles. The molecule has 0 atom stereocenters. The van der Waals surface area contributed by atoms with E-state index in [0.29, 0.717) is 16.6 Å². The highest BCUT2D eigenvalue weighted by molar-refractivity contribution is 7.95. The fourth-order valence-corrected chi connectivity index (χ4v) is 6.24. The molecule has 0 saturated carbocycles. The minimum Gasteiger partial charge on any atom is -0.340 e. The molecule has 0 aliphatic heterocycles. The monoisotopic (exact) mass is 619 g/mol. The van der Waals surface area contributed by atoms with Crippen LogP contribution in [-0.2, 0) is 11.3 Å². The van der Waals surface area contributed by atoms with Crippen molar-refractivity contribution >= 4 is 57.4 Å². The summed E-state index contributed by atoms with van der Waals surface area (Å²) in [4.78, 5) is 29.8. The van der Waals surface area contributed by atoms with E-state index >= 15 is 0 Å². The topological polar surface area (TPSA) is 79.3 Å². The van der Waals surface area contributed by atoms with Gasteiger partial charge < -0.3 is 4.57 Å². The average Bonchev–Trinajstić information content (AvgIpc) is 3.65. The molecule has 4 aromatic rings. The van der Waals surface area contributed by atoms with Crippen molar-refractivity contribution in [2.75, 3.05) is 19.4 Å². The summed E-state index contributed by atoms with van der Waals surface area (Å²) < 4.78 is 7.10. The van der Waals surface area contributed by atoms with Crippen LogP contribution in [-0.4, -0.2) is 39.8 Å². The first-order valence-corrected chi connectivity index (χ1v) is 16.8. The summed E-state index contributed by atoms with van der Waals surface area (Å²) in [5.41, 5.74) is 6.21. The smallest absolute Gasteiger partial charge is 0.262 e. The number of rotatable bonds is 13. The van der Waals surface area contributed by atoms with Crippen LogP contribution in [0.15, 0.2) is 60.1 Å². The first-order chi connectivity index (χ1) is 20.9. The van der Waals surface area contributed by atoms with Crippen LogP contribution in [0, 0.1) is 0 Å². The maximum atomic E-state index is 13.0. The van der Waals surface area contributed by atoms with Gasteiger partial charge >= 0.3 is 0 Å². The second-order valence-electron chi connectivity index (χ2n) is 10.1. The zero-order chi connectivity index (χ0) is 31.4. The number of carbonyl (C=O) groups is 2. The summed E-state index contributed by atoms with van der Waals surface area (Å²) in [6.07, 6.45) is 9.46. The predicted octanol–water partition coefficient (Wildman–Crippen LogP) is 9.00. The van der Waals surface area contributed by atoms with Crippen LogP contribution in [0.3, 0.4) is 0 Å². The molecule has 0 aliphatic carbocycles. The highest BCUT2D eigenvalue weighted by atomic mass is 32.2. The normalized spacial score (nSPS) is 11.3. The number of carbonyl (C=O) groups excluding carboxylic acids is 2. The van der Waals surface area contributed by atoms with Gasteiger partial charge in [0.15, 0.2) is 5.13 Å². The van der Waals surface area contributed by atoms with E-state index in [0.717, 1.165) is 54.6 Å². The maximum Gasteiger partial charge on any atom is 0.262 e. The van der Waals surface area contributed by atoms with Gasteiger partial charge in [0, 0.05) is 58.4 Å². The number of benzene rings is 2. The molecule has 0 bridgehead atoms. The first-order valence-electron chi connectivity index (χ1n) is 15.2. The van der Waals surface area contributed by atoms with Gasteiger partial charge in [-0.15, -0.1) is 11.3 Å². The van der Waals surface area contributed by atoms with Crippen LogP contribution in [0.2, 0.25) is 0 Å². The summed E-state index contributed by atoms with van der Waals surface area (Å²) in [5.74, 6) is 0.0439. The minimum atomic E-state index is -0.216. The quantitative estimate of drug-likeness (QED) is 0.115. The van der Waals surface area contributed by atoms with Crippen molar-refractivity contribution in [1.29, 1.82) is 0 Å². The van der Waals surface area contributed by atoms with Gasteiger partial charge in [-0.1, -0.05) is 70.9 Å². The van der Waals surface area contributed by atoms with E-state index in [4.69, 9.17) is 0 Å². The average molecular weight is 620 g/mol. The first kappa shape index (κ1) is 34.1. The van der Waals surface area contributed by atoms with Gasteiger partial charge in [0.2, 0.25) is 5.91 Å². The Bertz CT molecular complexity index is 1500. The number of amides is 2. The molecule has 43 heavy (non-hydrogen) atoms. The van der Waals surface area contributed by atoms with Crippen molar-refractivity contribution in [3.8, 4) is 11.3 Å². The van der Waals surface area contributed by atoms with Crippen molar-refractivity contribution in [1.82, 2.24) is 18.6 Å². The van der Waals surface area contributed by atoms with E-state index in [1.807, 2.05) is 61.9 Å². The van der Waals surface area contributed by atoms with Gasteiger partial charge in [0.05, 0.1) is 5.69 Å². The van der Waals surface area contributed by atoms with Crippen molar-refractivity contribution in [2.45, 2.75) is 72.8 Å². The summed E-state index contributed by atoms with van der Waals surface area (Å²) >= 11 is 2.66. The van der Waals surface area contributed by atoms with E-state index < -0.39 is 0 Å². The molecule has 0 unspecified atom stereocenters. The van der Waals surface area contributed by atoms with Gasteiger partial charge in [-0.3, -0.25) is 19.6 Å². The Balaban J connectivity index is 0.00000248. The summed E-state index contributed by atoms with van der Waals surface area (Å²) in [7, 11) is 3.79. The third-order valence-corrected chi connectivity index (χ3v) is 8.31. The largest absolute Gasteiger partial charge is 0.340 e. The molecule has 2 amide bonds. The Morgan fingerprint density at radius 1 is 1.07 bits per heavy atom. The second-order valence-corrected chi connectivity index (χ2v) is 12.1. The van der Waals surface area contributed by atoms with Crippen LogP contribution in [0.5, 0.6) is 0 Å². The lowest BCUT2D eigenvalue weighted by Crippen LogP contribution is -2.20. The van der Waals surface area contributed by atoms with Crippen molar-refractivity contribution < 1.29 is 9.59 Å². The Morgan fingerprint density at radius 2 is 1.79 bits per heavy atom. The van der Waals surface area contributed by atoms with Gasteiger partial charge in [-0.05, 0) is 69.1 Å². The standard InChI is InChI=1S/C32H39N5O2S2.C2H6/c1-6-11-23(12-7-2)29-26-17-15-24(31(39)35-41-36(4)5)21-27(26)37(8-3)30(29)25-14-10-9-13-22(25)16-18-28(38)34-32-33-19-20-40-32;1-2/h9-10,13-21,23H,6-8,11-12H2,1-5H3,(H,35,39)(H,33,34,38);1-2H3/b18-16+;. The van der Waals surface area contributed by atoms with Crippen LogP contribution in [0.4, 0.5) is 5.13 Å². The van der Waals surface area contributed by atoms with Gasteiger partial charge in [0.25, 0.3) is 5.91 Å². The highest BCUT2D eigenvalue weighted by Crippen LogP contribution is 2.43. The third kappa shape index (κ3) is 8.59. The summed E-state index contributed by atoms with van der Waals surface area (Å²) in [5, 5.41) is 6.42. The lowest BCUT2D eigenvalue weighted by molar-refractivity contribution is -0.111. The Kier molecular flexibility index (Phi) is 13.5. The molecule has 0 spiro atoms. The molecule has 0 fully saturated rings. The second kappa shape index (κ2) is 17.0. The molecule has 9 heteroatoms. The fourth-order valence-electron chi connectivity index (χ4n) is 5.33. The van der Waals surface area contributed by atoms with E-state index in [9.17, 15) is 9.59 Å². The number of hydrogen-bond acceptors (Lipinski definition) is 6. The number of nitrogens with zero attached hydrogens (tertiary/aromatic N) is 3. The van der Waals surface area contributed by atoms with E-state index in [1.54, 1.807) is 12.3 Å². The maximum absolute atomic E-state index is 13.0. The number of nitrogens with one attached hydrogen (secondary N) is 2. The molecule has 230 valence electrons. The highest BCUT2D eigenvalue weighted by Gasteiger charge is 2.25. The summed E-state index contributed by atoms with van der Waals surface area (Å²) in [6.45, 7) is 11.4. The SMILES string of the molecule is CC.CCCC(CCC)c1c(-c2ccccc2/C=C/C(=O)Nc2nccs2)n(CC)c2cc(C(=O)NSN(C)C)ccc12. The number of thiazole rings is 1. The number of hydrogen-bond donors (Lipinski definition) is 2. The van der Waals surface area contributed by atoms with E-state index in [1.165, 1.54) is 34.4 Å².